The lowest BCUT2D eigenvalue weighted by Gasteiger charge is -2.15. The molecule has 2 rings (SSSR count). The van der Waals surface area contributed by atoms with Crippen LogP contribution in [0.1, 0.15) is 25.0 Å². The van der Waals surface area contributed by atoms with E-state index in [0.29, 0.717) is 12.2 Å². The summed E-state index contributed by atoms with van der Waals surface area (Å²) in [6.45, 7) is 4.39. The van der Waals surface area contributed by atoms with E-state index >= 15 is 0 Å². The third-order valence-corrected chi connectivity index (χ3v) is 2.93. The largest absolute Gasteiger partial charge is 0.491 e. The molecule has 1 N–H and O–H groups in total. The number of hydrogen-bond acceptors (Lipinski definition) is 3. The van der Waals surface area contributed by atoms with Gasteiger partial charge in [0.25, 0.3) is 0 Å². The van der Waals surface area contributed by atoms with Crippen LogP contribution in [0.3, 0.4) is 0 Å². The van der Waals surface area contributed by atoms with Crippen molar-refractivity contribution < 1.29 is 9.13 Å². The first-order valence-corrected chi connectivity index (χ1v) is 6.79. The van der Waals surface area contributed by atoms with E-state index in [-0.39, 0.29) is 11.7 Å². The quantitative estimate of drug-likeness (QED) is 0.899. The minimum atomic E-state index is -0.519. The van der Waals surface area contributed by atoms with Crippen LogP contribution in [-0.2, 0) is 6.54 Å². The summed E-state index contributed by atoms with van der Waals surface area (Å²) in [6, 6.07) is 14.1. The lowest BCUT2D eigenvalue weighted by molar-refractivity contribution is 0.240. The van der Waals surface area contributed by atoms with E-state index in [0.717, 1.165) is 11.3 Å². The molecular formula is C17H17FN2O. The Morgan fingerprint density at radius 1 is 1.19 bits per heavy atom. The smallest absolute Gasteiger partial charge is 0.143 e. The first-order chi connectivity index (χ1) is 10.1. The molecular weight excluding hydrogens is 267 g/mol. The Bertz CT molecular complexity index is 662. The molecule has 0 amide bonds. The summed E-state index contributed by atoms with van der Waals surface area (Å²) in [5.41, 5.74) is 1.47. The Morgan fingerprint density at radius 3 is 2.67 bits per heavy atom. The van der Waals surface area contributed by atoms with E-state index in [1.807, 2.05) is 44.2 Å². The van der Waals surface area contributed by atoms with Crippen LogP contribution in [0.5, 0.6) is 5.75 Å². The highest BCUT2D eigenvalue weighted by Gasteiger charge is 2.09. The summed E-state index contributed by atoms with van der Waals surface area (Å²) in [7, 11) is 0. The summed E-state index contributed by atoms with van der Waals surface area (Å²) in [5, 5.41) is 12.1. The molecule has 0 spiro atoms. The second-order valence-electron chi connectivity index (χ2n) is 4.90. The molecule has 0 aromatic heterocycles. The average Bonchev–Trinajstić information content (AvgIpc) is 2.46. The van der Waals surface area contributed by atoms with Gasteiger partial charge in [0.15, 0.2) is 0 Å². The maximum atomic E-state index is 13.5. The number of nitrogens with zero attached hydrogens (tertiary/aromatic N) is 1. The van der Waals surface area contributed by atoms with E-state index in [9.17, 15) is 4.39 Å². The molecule has 0 saturated carbocycles. The first-order valence-electron chi connectivity index (χ1n) is 6.79. The van der Waals surface area contributed by atoms with Gasteiger partial charge in [0.2, 0.25) is 0 Å². The van der Waals surface area contributed by atoms with Crippen LogP contribution in [-0.4, -0.2) is 6.10 Å². The van der Waals surface area contributed by atoms with Crippen LogP contribution < -0.4 is 10.1 Å². The fourth-order valence-electron chi connectivity index (χ4n) is 1.99. The molecule has 0 aliphatic heterocycles. The summed E-state index contributed by atoms with van der Waals surface area (Å²) in [4.78, 5) is 0. The maximum Gasteiger partial charge on any atom is 0.143 e. The Balaban J connectivity index is 2.18. The first kappa shape index (κ1) is 14.9. The van der Waals surface area contributed by atoms with Gasteiger partial charge in [-0.05, 0) is 32.0 Å². The molecule has 2 aromatic rings. The van der Waals surface area contributed by atoms with Crippen LogP contribution >= 0.6 is 0 Å². The zero-order chi connectivity index (χ0) is 15.2. The van der Waals surface area contributed by atoms with E-state index < -0.39 is 5.82 Å². The van der Waals surface area contributed by atoms with Crippen molar-refractivity contribution in [2.75, 3.05) is 5.32 Å². The normalized spacial score (nSPS) is 10.2. The second kappa shape index (κ2) is 6.76. The fourth-order valence-corrected chi connectivity index (χ4v) is 1.99. The number of hydrogen-bond donors (Lipinski definition) is 1. The fraction of sp³-hybridized carbons (Fsp3) is 0.235. The van der Waals surface area contributed by atoms with Gasteiger partial charge in [-0.2, -0.15) is 5.26 Å². The predicted octanol–water partition coefficient (Wildman–Crippen LogP) is 4.10. The minimum absolute atomic E-state index is 0.0276. The third kappa shape index (κ3) is 3.73. The summed E-state index contributed by atoms with van der Waals surface area (Å²) in [6.07, 6.45) is 0.0787. The monoisotopic (exact) mass is 284 g/mol. The van der Waals surface area contributed by atoms with Crippen molar-refractivity contribution in [1.29, 1.82) is 5.26 Å². The van der Waals surface area contributed by atoms with E-state index in [1.165, 1.54) is 6.07 Å². The summed E-state index contributed by atoms with van der Waals surface area (Å²) < 4.78 is 19.3. The van der Waals surface area contributed by atoms with E-state index in [2.05, 4.69) is 5.32 Å². The number of anilines is 1. The number of ether oxygens (including phenoxy) is 1. The van der Waals surface area contributed by atoms with E-state index in [4.69, 9.17) is 10.00 Å². The van der Waals surface area contributed by atoms with Crippen molar-refractivity contribution in [3.05, 3.63) is 59.4 Å². The summed E-state index contributed by atoms with van der Waals surface area (Å²) >= 11 is 0. The molecule has 0 aliphatic rings. The van der Waals surface area contributed by atoms with E-state index in [1.54, 1.807) is 12.1 Å². The molecule has 0 unspecified atom stereocenters. The van der Waals surface area contributed by atoms with Crippen molar-refractivity contribution in [2.24, 2.45) is 0 Å². The zero-order valence-corrected chi connectivity index (χ0v) is 12.1. The standard InChI is InChI=1S/C17H17FN2O/c1-12(2)21-17-9-4-3-6-13(17)11-20-16-8-5-7-15(18)14(16)10-19/h3-9,12,20H,11H2,1-2H3. The van der Waals surface area contributed by atoms with Gasteiger partial charge in [-0.15, -0.1) is 0 Å². The highest BCUT2D eigenvalue weighted by atomic mass is 19.1. The number of para-hydroxylation sites is 1. The van der Waals surface area contributed by atoms with Crippen molar-refractivity contribution in [3.8, 4) is 11.8 Å². The predicted molar refractivity (Wildman–Crippen MR) is 80.6 cm³/mol. The van der Waals surface area contributed by atoms with Gasteiger partial charge in [0.05, 0.1) is 11.8 Å². The maximum absolute atomic E-state index is 13.5. The topological polar surface area (TPSA) is 45.0 Å². The third-order valence-electron chi connectivity index (χ3n) is 2.93. The number of rotatable bonds is 5. The number of nitrogens with one attached hydrogen (secondary N) is 1. The van der Waals surface area contributed by atoms with Gasteiger partial charge >= 0.3 is 0 Å². The Hall–Kier alpha value is -2.54. The highest BCUT2D eigenvalue weighted by molar-refractivity contribution is 5.58. The molecule has 108 valence electrons. The molecule has 0 aliphatic carbocycles. The molecule has 4 heteroatoms. The van der Waals surface area contributed by atoms with Crippen molar-refractivity contribution >= 4 is 5.69 Å². The highest BCUT2D eigenvalue weighted by Crippen LogP contribution is 2.23. The van der Waals surface area contributed by atoms with Crippen molar-refractivity contribution in [1.82, 2.24) is 0 Å². The van der Waals surface area contributed by atoms with Crippen LogP contribution in [0, 0.1) is 17.1 Å². The molecule has 21 heavy (non-hydrogen) atoms. The van der Waals surface area contributed by atoms with Crippen molar-refractivity contribution in [2.45, 2.75) is 26.5 Å². The molecule has 0 saturated heterocycles. The molecule has 3 nitrogen and oxygen atoms in total. The van der Waals surface area contributed by atoms with Gasteiger partial charge < -0.3 is 10.1 Å². The molecule has 0 atom stereocenters. The van der Waals surface area contributed by atoms with Crippen LogP contribution in [0.15, 0.2) is 42.5 Å². The van der Waals surface area contributed by atoms with Gasteiger partial charge in [0.1, 0.15) is 23.2 Å². The average molecular weight is 284 g/mol. The lowest BCUT2D eigenvalue weighted by atomic mass is 10.1. The number of nitriles is 1. The number of halogens is 1. The van der Waals surface area contributed by atoms with Crippen LogP contribution in [0.2, 0.25) is 0 Å². The molecule has 0 radical (unpaired) electrons. The van der Waals surface area contributed by atoms with Crippen molar-refractivity contribution in [3.63, 3.8) is 0 Å². The summed E-state index contributed by atoms with van der Waals surface area (Å²) in [5.74, 6) is 0.268. The van der Waals surface area contributed by atoms with Gasteiger partial charge in [0, 0.05) is 12.1 Å². The Morgan fingerprint density at radius 2 is 1.95 bits per heavy atom. The Labute approximate surface area is 124 Å². The molecule has 0 heterocycles. The van der Waals surface area contributed by atoms with Gasteiger partial charge in [-0.1, -0.05) is 24.3 Å². The van der Waals surface area contributed by atoms with Crippen LogP contribution in [0.25, 0.3) is 0 Å². The SMILES string of the molecule is CC(C)Oc1ccccc1CNc1cccc(F)c1C#N. The molecule has 0 fully saturated rings. The van der Waals surface area contributed by atoms with Gasteiger partial charge in [-0.3, -0.25) is 0 Å². The lowest BCUT2D eigenvalue weighted by Crippen LogP contribution is -2.09. The number of benzene rings is 2. The molecule has 0 bridgehead atoms. The molecule has 2 aromatic carbocycles. The Kier molecular flexibility index (Phi) is 4.78. The zero-order valence-electron chi connectivity index (χ0n) is 12.1. The van der Waals surface area contributed by atoms with Gasteiger partial charge in [-0.25, -0.2) is 4.39 Å². The van der Waals surface area contributed by atoms with Crippen LogP contribution in [0.4, 0.5) is 10.1 Å². The minimum Gasteiger partial charge on any atom is -0.491 e. The second-order valence-corrected chi connectivity index (χ2v) is 4.90.